The van der Waals surface area contributed by atoms with Gasteiger partial charge in [0.2, 0.25) is 0 Å². The van der Waals surface area contributed by atoms with E-state index in [1.54, 1.807) is 7.11 Å². The molecule has 1 aliphatic rings. The highest BCUT2D eigenvalue weighted by atomic mass is 16.5. The fourth-order valence-corrected chi connectivity index (χ4v) is 3.43. The first-order chi connectivity index (χ1) is 12.2. The van der Waals surface area contributed by atoms with Crippen LogP contribution in [-0.4, -0.2) is 29.5 Å². The normalized spacial score (nSPS) is 20.9. The summed E-state index contributed by atoms with van der Waals surface area (Å²) in [5, 5.41) is 8.92. The fourth-order valence-electron chi connectivity index (χ4n) is 3.43. The van der Waals surface area contributed by atoms with Crippen molar-refractivity contribution in [2.45, 2.75) is 31.5 Å². The van der Waals surface area contributed by atoms with Crippen molar-refractivity contribution < 1.29 is 13.9 Å². The molecule has 3 heterocycles. The number of benzene rings is 1. The lowest BCUT2D eigenvalue weighted by atomic mass is 9.98. The van der Waals surface area contributed by atoms with E-state index >= 15 is 0 Å². The first-order valence-corrected chi connectivity index (χ1v) is 8.63. The van der Waals surface area contributed by atoms with E-state index in [4.69, 9.17) is 13.9 Å². The van der Waals surface area contributed by atoms with Crippen molar-refractivity contribution in [3.63, 3.8) is 0 Å². The van der Waals surface area contributed by atoms with Gasteiger partial charge in [-0.1, -0.05) is 0 Å². The highest BCUT2D eigenvalue weighted by molar-refractivity contribution is 5.79. The van der Waals surface area contributed by atoms with Crippen LogP contribution in [0.25, 0.3) is 11.0 Å². The molecule has 0 saturated carbocycles. The minimum atomic E-state index is 0.0342. The predicted molar refractivity (Wildman–Crippen MR) is 94.5 cm³/mol. The van der Waals surface area contributed by atoms with Crippen LogP contribution in [0.5, 0.6) is 5.75 Å². The van der Waals surface area contributed by atoms with Crippen LogP contribution < -0.4 is 10.1 Å². The Labute approximate surface area is 146 Å². The first-order valence-electron chi connectivity index (χ1n) is 8.63. The monoisotopic (exact) mass is 341 g/mol. The van der Waals surface area contributed by atoms with Gasteiger partial charge in [-0.25, -0.2) is 0 Å². The van der Waals surface area contributed by atoms with Gasteiger partial charge in [-0.15, -0.1) is 0 Å². The Morgan fingerprint density at radius 3 is 3.08 bits per heavy atom. The van der Waals surface area contributed by atoms with Crippen LogP contribution in [0.4, 0.5) is 0 Å². The molecule has 6 heteroatoms. The number of methoxy groups -OCH3 is 1. The molecule has 25 heavy (non-hydrogen) atoms. The molecule has 0 bridgehead atoms. The minimum absolute atomic E-state index is 0.0342. The lowest BCUT2D eigenvalue weighted by Crippen LogP contribution is -2.38. The SMILES string of the molecule is COc1ccc2oc(CN[C@H]3CCCO[C@@H]3c3cnn(C)c3)cc2c1. The van der Waals surface area contributed by atoms with Crippen LogP contribution >= 0.6 is 0 Å². The van der Waals surface area contributed by atoms with Gasteiger partial charge in [-0.2, -0.15) is 5.10 Å². The lowest BCUT2D eigenvalue weighted by Gasteiger charge is -2.31. The van der Waals surface area contributed by atoms with Crippen LogP contribution in [0.2, 0.25) is 0 Å². The molecule has 3 aromatic rings. The quantitative estimate of drug-likeness (QED) is 0.772. The Bertz CT molecular complexity index is 855. The summed E-state index contributed by atoms with van der Waals surface area (Å²) in [5.41, 5.74) is 2.00. The average molecular weight is 341 g/mol. The second kappa shape index (κ2) is 6.90. The number of nitrogens with one attached hydrogen (secondary N) is 1. The molecule has 6 nitrogen and oxygen atoms in total. The number of aryl methyl sites for hydroxylation is 1. The summed E-state index contributed by atoms with van der Waals surface area (Å²) in [6.45, 7) is 1.46. The number of nitrogens with zero attached hydrogens (tertiary/aromatic N) is 2. The Morgan fingerprint density at radius 1 is 1.36 bits per heavy atom. The molecule has 1 saturated heterocycles. The summed E-state index contributed by atoms with van der Waals surface area (Å²) < 4.78 is 19.0. The third kappa shape index (κ3) is 3.41. The Morgan fingerprint density at radius 2 is 2.28 bits per heavy atom. The number of aromatic nitrogens is 2. The highest BCUT2D eigenvalue weighted by Gasteiger charge is 2.28. The van der Waals surface area contributed by atoms with Gasteiger partial charge in [-0.3, -0.25) is 4.68 Å². The van der Waals surface area contributed by atoms with E-state index in [0.717, 1.165) is 47.5 Å². The van der Waals surface area contributed by atoms with Crippen molar-refractivity contribution in [2.75, 3.05) is 13.7 Å². The molecule has 1 aliphatic heterocycles. The van der Waals surface area contributed by atoms with Gasteiger partial charge in [0.1, 0.15) is 23.2 Å². The van der Waals surface area contributed by atoms with Gasteiger partial charge in [0.15, 0.2) is 0 Å². The molecule has 0 radical (unpaired) electrons. The smallest absolute Gasteiger partial charge is 0.134 e. The first kappa shape index (κ1) is 16.2. The van der Waals surface area contributed by atoms with Gasteiger partial charge >= 0.3 is 0 Å². The van der Waals surface area contributed by atoms with Crippen molar-refractivity contribution >= 4 is 11.0 Å². The minimum Gasteiger partial charge on any atom is -0.497 e. The van der Waals surface area contributed by atoms with Crippen LogP contribution in [0.1, 0.15) is 30.3 Å². The van der Waals surface area contributed by atoms with Gasteiger partial charge in [0.25, 0.3) is 0 Å². The average Bonchev–Trinajstić information content (AvgIpc) is 3.25. The highest BCUT2D eigenvalue weighted by Crippen LogP contribution is 2.29. The van der Waals surface area contributed by atoms with Crippen molar-refractivity contribution in [3.05, 3.63) is 48.0 Å². The van der Waals surface area contributed by atoms with Crippen LogP contribution in [-0.2, 0) is 18.3 Å². The number of ether oxygens (including phenoxy) is 2. The van der Waals surface area contributed by atoms with Gasteiger partial charge in [-0.05, 0) is 37.1 Å². The van der Waals surface area contributed by atoms with Crippen molar-refractivity contribution in [1.82, 2.24) is 15.1 Å². The van der Waals surface area contributed by atoms with E-state index in [-0.39, 0.29) is 12.1 Å². The molecular weight excluding hydrogens is 318 g/mol. The number of rotatable bonds is 5. The summed E-state index contributed by atoms with van der Waals surface area (Å²) >= 11 is 0. The van der Waals surface area contributed by atoms with E-state index in [1.165, 1.54) is 0 Å². The Hall–Kier alpha value is -2.31. The van der Waals surface area contributed by atoms with Gasteiger partial charge in [0.05, 0.1) is 19.9 Å². The summed E-state index contributed by atoms with van der Waals surface area (Å²) in [4.78, 5) is 0. The predicted octanol–water partition coefficient (Wildman–Crippen LogP) is 3.18. The van der Waals surface area contributed by atoms with E-state index in [1.807, 2.05) is 42.3 Å². The van der Waals surface area contributed by atoms with E-state index < -0.39 is 0 Å². The van der Waals surface area contributed by atoms with Crippen molar-refractivity contribution in [2.24, 2.45) is 7.05 Å². The van der Waals surface area contributed by atoms with Gasteiger partial charge in [0, 0.05) is 36.8 Å². The van der Waals surface area contributed by atoms with Crippen molar-refractivity contribution in [1.29, 1.82) is 0 Å². The van der Waals surface area contributed by atoms with E-state index in [2.05, 4.69) is 16.5 Å². The molecule has 132 valence electrons. The molecule has 1 fully saturated rings. The lowest BCUT2D eigenvalue weighted by molar-refractivity contribution is -0.0116. The molecule has 0 spiro atoms. The number of hydrogen-bond donors (Lipinski definition) is 1. The second-order valence-electron chi connectivity index (χ2n) is 6.48. The van der Waals surface area contributed by atoms with E-state index in [9.17, 15) is 0 Å². The molecule has 0 aliphatic carbocycles. The molecule has 0 amide bonds. The fraction of sp³-hybridized carbons (Fsp3) is 0.421. The van der Waals surface area contributed by atoms with E-state index in [0.29, 0.717) is 6.54 Å². The van der Waals surface area contributed by atoms with Gasteiger partial charge < -0.3 is 19.2 Å². The van der Waals surface area contributed by atoms with Crippen LogP contribution in [0, 0.1) is 0 Å². The van der Waals surface area contributed by atoms with Crippen molar-refractivity contribution in [3.8, 4) is 5.75 Å². The van der Waals surface area contributed by atoms with Crippen LogP contribution in [0.3, 0.4) is 0 Å². The Balaban J connectivity index is 1.47. The summed E-state index contributed by atoms with van der Waals surface area (Å²) in [7, 11) is 3.60. The zero-order valence-electron chi connectivity index (χ0n) is 14.6. The topological polar surface area (TPSA) is 61.4 Å². The number of fused-ring (bicyclic) bond motifs is 1. The molecule has 4 rings (SSSR count). The zero-order chi connectivity index (χ0) is 17.2. The summed E-state index contributed by atoms with van der Waals surface area (Å²) in [6, 6.07) is 8.16. The third-order valence-electron chi connectivity index (χ3n) is 4.69. The maximum atomic E-state index is 6.00. The third-order valence-corrected chi connectivity index (χ3v) is 4.69. The molecule has 2 aromatic heterocycles. The maximum Gasteiger partial charge on any atom is 0.134 e. The van der Waals surface area contributed by atoms with Crippen LogP contribution in [0.15, 0.2) is 41.1 Å². The summed E-state index contributed by atoms with van der Waals surface area (Å²) in [5.74, 6) is 1.75. The maximum absolute atomic E-state index is 6.00. The molecule has 1 aromatic carbocycles. The standard InChI is InChI=1S/C19H23N3O3/c1-22-12-14(10-21-22)19-17(4-3-7-24-19)20-11-16-9-13-8-15(23-2)5-6-18(13)25-16/h5-6,8-10,12,17,19-20H,3-4,7,11H2,1-2H3/t17-,19+/m0/s1. The Kier molecular flexibility index (Phi) is 4.46. The molecule has 0 unspecified atom stereocenters. The largest absolute Gasteiger partial charge is 0.497 e. The zero-order valence-corrected chi connectivity index (χ0v) is 14.6. The molecule has 2 atom stereocenters. The molecular formula is C19H23N3O3. The number of hydrogen-bond acceptors (Lipinski definition) is 5. The number of furan rings is 1. The summed E-state index contributed by atoms with van der Waals surface area (Å²) in [6.07, 6.45) is 6.09. The second-order valence-corrected chi connectivity index (χ2v) is 6.48. The molecule has 1 N–H and O–H groups in total.